The van der Waals surface area contributed by atoms with Gasteiger partial charge in [0.05, 0.1) is 19.3 Å². The highest BCUT2D eigenvalue weighted by Crippen LogP contribution is 2.36. The molecule has 1 aromatic heterocycles. The molecule has 0 aliphatic carbocycles. The number of methoxy groups -OCH3 is 1. The summed E-state index contributed by atoms with van der Waals surface area (Å²) in [7, 11) is 1.51. The molecule has 3 aliphatic rings. The summed E-state index contributed by atoms with van der Waals surface area (Å²) in [6, 6.07) is 10.9. The van der Waals surface area contributed by atoms with Gasteiger partial charge in [0.25, 0.3) is 11.8 Å². The van der Waals surface area contributed by atoms with Gasteiger partial charge < -0.3 is 19.4 Å². The maximum Gasteiger partial charge on any atom is 0.322 e. The van der Waals surface area contributed by atoms with Gasteiger partial charge in [0, 0.05) is 30.3 Å². The van der Waals surface area contributed by atoms with Gasteiger partial charge in [-0.15, -0.1) is 0 Å². The standard InChI is InChI=1S/C25H20N4O7/c1-35-16-4-2-13-11-28(22(32)17(13)10-16)12-25(23(33)26-24(34)27-25)19-9-14-8-15(3-5-18(14)36-19)29-20(30)6-7-21(29)31/h2-5,8-10H,6-7,11-12H2,1H3,(H2,26,27,33,34)/t25-/m0/s1. The molecular weight excluding hydrogens is 468 g/mol. The number of hydrogen-bond donors (Lipinski definition) is 2. The van der Waals surface area contributed by atoms with Crippen LogP contribution >= 0.6 is 0 Å². The molecule has 11 heteroatoms. The van der Waals surface area contributed by atoms with E-state index in [9.17, 15) is 24.0 Å². The van der Waals surface area contributed by atoms with Gasteiger partial charge in [-0.25, -0.2) is 4.79 Å². The van der Waals surface area contributed by atoms with Crippen molar-refractivity contribution in [3.63, 3.8) is 0 Å². The van der Waals surface area contributed by atoms with Crippen molar-refractivity contribution in [2.24, 2.45) is 0 Å². The fraction of sp³-hybridized carbons (Fsp3) is 0.240. The fourth-order valence-corrected chi connectivity index (χ4v) is 4.98. The number of carbonyl (C=O) groups is 5. The van der Waals surface area contributed by atoms with Gasteiger partial charge in [-0.3, -0.25) is 29.4 Å². The van der Waals surface area contributed by atoms with Crippen LogP contribution < -0.4 is 20.3 Å². The molecule has 1 atom stereocenters. The monoisotopic (exact) mass is 488 g/mol. The minimum atomic E-state index is -1.67. The van der Waals surface area contributed by atoms with E-state index in [4.69, 9.17) is 9.15 Å². The minimum absolute atomic E-state index is 0.124. The summed E-state index contributed by atoms with van der Waals surface area (Å²) < 4.78 is 11.2. The second kappa shape index (κ2) is 7.67. The summed E-state index contributed by atoms with van der Waals surface area (Å²) in [5.41, 5.74) is 0.354. The Hall–Kier alpha value is -4.67. The molecule has 4 heterocycles. The van der Waals surface area contributed by atoms with Crippen LogP contribution in [0.3, 0.4) is 0 Å². The zero-order valence-corrected chi connectivity index (χ0v) is 19.1. The number of nitrogens with zero attached hydrogens (tertiary/aromatic N) is 2. The summed E-state index contributed by atoms with van der Waals surface area (Å²) in [4.78, 5) is 65.4. The van der Waals surface area contributed by atoms with Crippen molar-refractivity contribution in [2.45, 2.75) is 24.9 Å². The number of anilines is 1. The van der Waals surface area contributed by atoms with Crippen molar-refractivity contribution < 1.29 is 33.1 Å². The van der Waals surface area contributed by atoms with Crippen LogP contribution in [0.5, 0.6) is 5.75 Å². The van der Waals surface area contributed by atoms with Crippen LogP contribution in [0.25, 0.3) is 11.0 Å². The SMILES string of the molecule is COc1ccc2c(c1)C(=O)N(C[C@@]1(c3cc4cc(N5C(=O)CCC5=O)ccc4o3)NC(=O)NC1=O)C2. The highest BCUT2D eigenvalue weighted by atomic mass is 16.5. The van der Waals surface area contributed by atoms with Crippen molar-refractivity contribution in [1.82, 2.24) is 15.5 Å². The van der Waals surface area contributed by atoms with Gasteiger partial charge >= 0.3 is 6.03 Å². The van der Waals surface area contributed by atoms with Crippen molar-refractivity contribution in [3.8, 4) is 5.75 Å². The van der Waals surface area contributed by atoms with E-state index in [1.165, 1.54) is 12.0 Å². The van der Waals surface area contributed by atoms with Crippen LogP contribution in [0.15, 0.2) is 46.9 Å². The molecule has 6 amide bonds. The zero-order chi connectivity index (χ0) is 25.2. The summed E-state index contributed by atoms with van der Waals surface area (Å²) in [5.74, 6) is -0.872. The number of hydrogen-bond acceptors (Lipinski definition) is 7. The van der Waals surface area contributed by atoms with Crippen molar-refractivity contribution in [3.05, 3.63) is 59.4 Å². The van der Waals surface area contributed by atoms with Crippen molar-refractivity contribution in [2.75, 3.05) is 18.6 Å². The van der Waals surface area contributed by atoms with E-state index in [1.807, 2.05) is 0 Å². The van der Waals surface area contributed by atoms with E-state index < -0.39 is 17.5 Å². The third-order valence-electron chi connectivity index (χ3n) is 6.80. The Kier molecular flexibility index (Phi) is 4.65. The first kappa shape index (κ1) is 21.8. The molecule has 3 aliphatic heterocycles. The predicted octanol–water partition coefficient (Wildman–Crippen LogP) is 1.79. The molecule has 0 bridgehead atoms. The summed E-state index contributed by atoms with van der Waals surface area (Å²) in [5, 5.41) is 5.42. The Morgan fingerprint density at radius 2 is 1.78 bits per heavy atom. The average molecular weight is 488 g/mol. The van der Waals surface area contributed by atoms with Crippen LogP contribution in [0, 0.1) is 0 Å². The molecule has 2 aromatic carbocycles. The molecule has 6 rings (SSSR count). The number of benzene rings is 2. The Labute approximate surface area is 204 Å². The van der Waals surface area contributed by atoms with Crippen LogP contribution in [0.4, 0.5) is 10.5 Å². The number of rotatable bonds is 5. The van der Waals surface area contributed by atoms with Gasteiger partial charge in [-0.2, -0.15) is 0 Å². The maximum atomic E-state index is 13.2. The molecule has 0 radical (unpaired) electrons. The summed E-state index contributed by atoms with van der Waals surface area (Å²) in [6.45, 7) is 0.0722. The number of amides is 6. The van der Waals surface area contributed by atoms with Crippen molar-refractivity contribution in [1.29, 1.82) is 0 Å². The van der Waals surface area contributed by atoms with Crippen molar-refractivity contribution >= 4 is 46.3 Å². The Morgan fingerprint density at radius 3 is 2.47 bits per heavy atom. The van der Waals surface area contributed by atoms with Gasteiger partial charge in [0.15, 0.2) is 5.54 Å². The second-order valence-electron chi connectivity index (χ2n) is 8.95. The quantitative estimate of drug-likeness (QED) is 0.412. The molecular formula is C25H20N4O7. The Balaban J connectivity index is 1.37. The first-order chi connectivity index (χ1) is 17.3. The number of nitrogens with one attached hydrogen (secondary N) is 2. The molecule has 0 unspecified atom stereocenters. The third kappa shape index (κ3) is 3.16. The molecule has 2 saturated heterocycles. The third-order valence-corrected chi connectivity index (χ3v) is 6.80. The van der Waals surface area contributed by atoms with E-state index in [0.717, 1.165) is 10.5 Å². The average Bonchev–Trinajstić information content (AvgIpc) is 3.59. The highest BCUT2D eigenvalue weighted by Gasteiger charge is 2.53. The lowest BCUT2D eigenvalue weighted by Gasteiger charge is -2.29. The van der Waals surface area contributed by atoms with E-state index in [1.54, 1.807) is 42.5 Å². The van der Waals surface area contributed by atoms with Gasteiger partial charge in [-0.05, 0) is 42.0 Å². The molecule has 11 nitrogen and oxygen atoms in total. The van der Waals surface area contributed by atoms with E-state index in [2.05, 4.69) is 10.6 Å². The predicted molar refractivity (Wildman–Crippen MR) is 124 cm³/mol. The Morgan fingerprint density at radius 1 is 1.00 bits per heavy atom. The molecule has 36 heavy (non-hydrogen) atoms. The number of fused-ring (bicyclic) bond motifs is 2. The number of ether oxygens (including phenoxy) is 1. The highest BCUT2D eigenvalue weighted by molar-refractivity contribution is 6.20. The van der Waals surface area contributed by atoms with E-state index in [0.29, 0.717) is 28.0 Å². The molecule has 3 aromatic rings. The maximum absolute atomic E-state index is 13.2. The van der Waals surface area contributed by atoms with Crippen LogP contribution in [0.2, 0.25) is 0 Å². The number of imide groups is 2. The fourth-order valence-electron chi connectivity index (χ4n) is 4.98. The molecule has 2 fully saturated rings. The van der Waals surface area contributed by atoms with Gasteiger partial charge in [0.1, 0.15) is 17.1 Å². The first-order valence-corrected chi connectivity index (χ1v) is 11.3. The minimum Gasteiger partial charge on any atom is -0.497 e. The zero-order valence-electron chi connectivity index (χ0n) is 19.1. The lowest BCUT2D eigenvalue weighted by atomic mass is 9.95. The van der Waals surface area contributed by atoms with Crippen LogP contribution in [-0.4, -0.2) is 48.2 Å². The van der Waals surface area contributed by atoms with Gasteiger partial charge in [0.2, 0.25) is 11.8 Å². The molecule has 2 N–H and O–H groups in total. The first-order valence-electron chi connectivity index (χ1n) is 11.3. The second-order valence-corrected chi connectivity index (χ2v) is 8.95. The normalized spacial score (nSPS) is 21.4. The lowest BCUT2D eigenvalue weighted by molar-refractivity contribution is -0.125. The summed E-state index contributed by atoms with van der Waals surface area (Å²) in [6.07, 6.45) is 0.307. The van der Waals surface area contributed by atoms with Gasteiger partial charge in [-0.1, -0.05) is 6.07 Å². The largest absolute Gasteiger partial charge is 0.497 e. The molecule has 0 saturated carbocycles. The molecule has 0 spiro atoms. The number of furan rings is 1. The van der Waals surface area contributed by atoms with E-state index in [-0.39, 0.29) is 49.4 Å². The number of carbonyl (C=O) groups excluding carboxylic acids is 5. The van der Waals surface area contributed by atoms with E-state index >= 15 is 0 Å². The summed E-state index contributed by atoms with van der Waals surface area (Å²) >= 11 is 0. The number of urea groups is 1. The lowest BCUT2D eigenvalue weighted by Crippen LogP contribution is -2.52. The molecule has 182 valence electrons. The van der Waals surface area contributed by atoms with Crippen LogP contribution in [0.1, 0.15) is 34.5 Å². The topological polar surface area (TPSA) is 138 Å². The smallest absolute Gasteiger partial charge is 0.322 e. The van der Waals surface area contributed by atoms with Crippen LogP contribution in [-0.2, 0) is 26.5 Å². The Bertz CT molecular complexity index is 1490.